The van der Waals surface area contributed by atoms with E-state index in [0.717, 1.165) is 19.3 Å². The molecule has 0 aliphatic heterocycles. The topological polar surface area (TPSA) is 83.8 Å². The monoisotopic (exact) mass is 220 g/mol. The number of hydrogen-bond donors (Lipinski definition) is 2. The van der Waals surface area contributed by atoms with E-state index in [1.807, 2.05) is 0 Å². The molecule has 84 valence electrons. The zero-order chi connectivity index (χ0) is 11.1. The standard InChI is InChI=1S/C10H12N4O2/c15-4-7-13-9-8(11-5-12-9)10(16)14(7)6-2-1-3-6/h5-6,15H,1-4H2,(H,11,12). The summed E-state index contributed by atoms with van der Waals surface area (Å²) >= 11 is 0. The van der Waals surface area contributed by atoms with Crippen molar-refractivity contribution in [3.05, 3.63) is 22.5 Å². The highest BCUT2D eigenvalue weighted by Gasteiger charge is 2.24. The number of aliphatic hydroxyl groups is 1. The normalized spacial score (nSPS) is 16.6. The molecule has 3 rings (SSSR count). The highest BCUT2D eigenvalue weighted by Crippen LogP contribution is 2.31. The van der Waals surface area contributed by atoms with Crippen LogP contribution in [0.5, 0.6) is 0 Å². The number of aliphatic hydroxyl groups excluding tert-OH is 1. The van der Waals surface area contributed by atoms with Crippen molar-refractivity contribution in [3.8, 4) is 0 Å². The van der Waals surface area contributed by atoms with E-state index in [2.05, 4.69) is 15.0 Å². The number of nitrogens with zero attached hydrogens (tertiary/aromatic N) is 3. The molecule has 0 unspecified atom stereocenters. The minimum atomic E-state index is -0.228. The summed E-state index contributed by atoms with van der Waals surface area (Å²) in [6, 6.07) is 0.190. The third-order valence-corrected chi connectivity index (χ3v) is 3.15. The van der Waals surface area contributed by atoms with Gasteiger partial charge in [-0.15, -0.1) is 0 Å². The summed E-state index contributed by atoms with van der Waals surface area (Å²) in [5.41, 5.74) is 0.671. The average Bonchev–Trinajstić information content (AvgIpc) is 2.67. The summed E-state index contributed by atoms with van der Waals surface area (Å²) in [5, 5.41) is 9.25. The van der Waals surface area contributed by atoms with Gasteiger partial charge in [-0.2, -0.15) is 0 Å². The van der Waals surface area contributed by atoms with Gasteiger partial charge in [0.1, 0.15) is 12.4 Å². The van der Waals surface area contributed by atoms with Crippen molar-refractivity contribution >= 4 is 11.2 Å². The lowest BCUT2D eigenvalue weighted by molar-refractivity contribution is 0.234. The third kappa shape index (κ3) is 1.19. The molecule has 6 heteroatoms. The number of nitrogens with one attached hydrogen (secondary N) is 1. The maximum Gasteiger partial charge on any atom is 0.279 e. The van der Waals surface area contributed by atoms with Crippen molar-refractivity contribution in [1.82, 2.24) is 19.5 Å². The molecule has 6 nitrogen and oxygen atoms in total. The molecule has 16 heavy (non-hydrogen) atoms. The lowest BCUT2D eigenvalue weighted by atomic mass is 9.92. The molecule has 0 aromatic carbocycles. The van der Waals surface area contributed by atoms with Crippen molar-refractivity contribution < 1.29 is 5.11 Å². The molecule has 0 spiro atoms. The van der Waals surface area contributed by atoms with Crippen molar-refractivity contribution in [1.29, 1.82) is 0 Å². The van der Waals surface area contributed by atoms with Crippen LogP contribution < -0.4 is 5.56 Å². The Balaban J connectivity index is 2.29. The Bertz CT molecular complexity index is 582. The lowest BCUT2D eigenvalue weighted by Gasteiger charge is -2.28. The molecule has 2 heterocycles. The van der Waals surface area contributed by atoms with E-state index in [1.165, 1.54) is 6.33 Å². The average molecular weight is 220 g/mol. The Hall–Kier alpha value is -1.69. The third-order valence-electron chi connectivity index (χ3n) is 3.15. The lowest BCUT2D eigenvalue weighted by Crippen LogP contribution is -2.32. The zero-order valence-electron chi connectivity index (χ0n) is 8.68. The van der Waals surface area contributed by atoms with E-state index in [9.17, 15) is 9.90 Å². The van der Waals surface area contributed by atoms with Crippen molar-refractivity contribution in [2.45, 2.75) is 31.9 Å². The molecular formula is C10H12N4O2. The fourth-order valence-electron chi connectivity index (χ4n) is 2.08. The van der Waals surface area contributed by atoms with E-state index in [-0.39, 0.29) is 18.2 Å². The minimum absolute atomic E-state index is 0.128. The van der Waals surface area contributed by atoms with Crippen LogP contribution >= 0.6 is 0 Å². The first-order valence-electron chi connectivity index (χ1n) is 5.36. The van der Waals surface area contributed by atoms with Gasteiger partial charge in [-0.3, -0.25) is 9.36 Å². The van der Waals surface area contributed by atoms with Crippen LogP contribution in [0.25, 0.3) is 11.2 Å². The first-order chi connectivity index (χ1) is 7.81. The Morgan fingerprint density at radius 1 is 1.56 bits per heavy atom. The second-order valence-corrected chi connectivity index (χ2v) is 4.05. The van der Waals surface area contributed by atoms with Crippen molar-refractivity contribution in [2.75, 3.05) is 0 Å². The van der Waals surface area contributed by atoms with E-state index < -0.39 is 0 Å². The van der Waals surface area contributed by atoms with Gasteiger partial charge in [0.05, 0.1) is 6.33 Å². The van der Waals surface area contributed by atoms with Crippen molar-refractivity contribution in [2.24, 2.45) is 0 Å². The van der Waals surface area contributed by atoms with Crippen LogP contribution in [0.1, 0.15) is 31.1 Å². The molecule has 2 aromatic heterocycles. The molecule has 1 saturated carbocycles. The van der Waals surface area contributed by atoms with Crippen LogP contribution in [0.3, 0.4) is 0 Å². The maximum atomic E-state index is 12.1. The summed E-state index contributed by atoms with van der Waals surface area (Å²) in [4.78, 5) is 23.1. The van der Waals surface area contributed by atoms with Crippen LogP contribution in [0.15, 0.2) is 11.1 Å². The first-order valence-corrected chi connectivity index (χ1v) is 5.36. The van der Waals surface area contributed by atoms with Gasteiger partial charge in [0.25, 0.3) is 5.56 Å². The molecule has 1 aliphatic carbocycles. The van der Waals surface area contributed by atoms with E-state index in [1.54, 1.807) is 4.57 Å². The smallest absolute Gasteiger partial charge is 0.279 e. The summed E-state index contributed by atoms with van der Waals surface area (Å²) in [6.07, 6.45) is 4.54. The van der Waals surface area contributed by atoms with Crippen molar-refractivity contribution in [3.63, 3.8) is 0 Å². The predicted molar refractivity (Wildman–Crippen MR) is 57.0 cm³/mol. The molecule has 0 atom stereocenters. The molecule has 0 amide bonds. The molecule has 0 saturated heterocycles. The highest BCUT2D eigenvalue weighted by atomic mass is 16.3. The van der Waals surface area contributed by atoms with E-state index >= 15 is 0 Å². The molecule has 1 fully saturated rings. The molecule has 2 aromatic rings. The summed E-state index contributed by atoms with van der Waals surface area (Å²) in [5.74, 6) is 0.411. The van der Waals surface area contributed by atoms with Gasteiger partial charge in [0.2, 0.25) is 0 Å². The van der Waals surface area contributed by atoms with Crippen LogP contribution in [0, 0.1) is 0 Å². The Labute approximate surface area is 91.0 Å². The molecule has 0 radical (unpaired) electrons. The number of H-pyrrole nitrogens is 1. The zero-order valence-corrected chi connectivity index (χ0v) is 8.68. The second-order valence-electron chi connectivity index (χ2n) is 4.05. The highest BCUT2D eigenvalue weighted by molar-refractivity contribution is 5.68. The molecule has 2 N–H and O–H groups in total. The van der Waals surface area contributed by atoms with Crippen LogP contribution in [0.2, 0.25) is 0 Å². The van der Waals surface area contributed by atoms with E-state index in [0.29, 0.717) is 17.0 Å². The Kier molecular flexibility index (Phi) is 2.03. The summed E-state index contributed by atoms with van der Waals surface area (Å²) in [6.45, 7) is -0.228. The SMILES string of the molecule is O=c1c2[nH]cnc2nc(CO)n1C1CCC1. The van der Waals surface area contributed by atoms with Gasteiger partial charge >= 0.3 is 0 Å². The van der Waals surface area contributed by atoms with Gasteiger partial charge in [-0.05, 0) is 19.3 Å². The van der Waals surface area contributed by atoms with Crippen LogP contribution in [-0.4, -0.2) is 24.6 Å². The largest absolute Gasteiger partial charge is 0.388 e. The number of rotatable bonds is 2. The number of aromatic amines is 1. The van der Waals surface area contributed by atoms with Crippen LogP contribution in [0.4, 0.5) is 0 Å². The van der Waals surface area contributed by atoms with Gasteiger partial charge in [-0.25, -0.2) is 9.97 Å². The fourth-order valence-corrected chi connectivity index (χ4v) is 2.08. The number of hydrogen-bond acceptors (Lipinski definition) is 4. The Morgan fingerprint density at radius 3 is 3.00 bits per heavy atom. The predicted octanol–water partition coefficient (Wildman–Crippen LogP) is 0.337. The maximum absolute atomic E-state index is 12.1. The fraction of sp³-hybridized carbons (Fsp3) is 0.500. The number of fused-ring (bicyclic) bond motifs is 1. The van der Waals surface area contributed by atoms with Crippen LogP contribution in [-0.2, 0) is 6.61 Å². The molecule has 0 bridgehead atoms. The summed E-state index contributed by atoms with van der Waals surface area (Å²) < 4.78 is 1.60. The minimum Gasteiger partial charge on any atom is -0.388 e. The van der Waals surface area contributed by atoms with Gasteiger partial charge in [-0.1, -0.05) is 0 Å². The van der Waals surface area contributed by atoms with Gasteiger partial charge in [0, 0.05) is 6.04 Å². The number of aromatic nitrogens is 4. The second kappa shape index (κ2) is 3.41. The van der Waals surface area contributed by atoms with Gasteiger partial charge in [0.15, 0.2) is 11.2 Å². The van der Waals surface area contributed by atoms with Gasteiger partial charge < -0.3 is 10.1 Å². The number of imidazole rings is 1. The molecule has 1 aliphatic rings. The van der Waals surface area contributed by atoms with E-state index in [4.69, 9.17) is 0 Å². The molecular weight excluding hydrogens is 208 g/mol. The Morgan fingerprint density at radius 2 is 2.38 bits per heavy atom. The quantitative estimate of drug-likeness (QED) is 0.764. The first kappa shape index (κ1) is 9.53. The summed E-state index contributed by atoms with van der Waals surface area (Å²) in [7, 11) is 0.